The lowest BCUT2D eigenvalue weighted by Gasteiger charge is -2.22. The monoisotopic (exact) mass is 510 g/mol. The predicted molar refractivity (Wildman–Crippen MR) is 129 cm³/mol. The fraction of sp³-hybridized carbons (Fsp3) is 0.364. The van der Waals surface area contributed by atoms with Crippen LogP contribution in [0.25, 0.3) is 0 Å². The molecule has 0 fully saturated rings. The van der Waals surface area contributed by atoms with E-state index in [1.165, 1.54) is 5.56 Å². The van der Waals surface area contributed by atoms with Gasteiger partial charge in [-0.2, -0.15) is 0 Å². The van der Waals surface area contributed by atoms with E-state index in [0.29, 0.717) is 12.2 Å². The first-order valence-electron chi connectivity index (χ1n) is 9.52. The number of hydrogen-bond donors (Lipinski definition) is 2. The zero-order valence-corrected chi connectivity index (χ0v) is 19.9. The number of guanidine groups is 1. The maximum atomic E-state index is 11.8. The molecule has 158 valence electrons. The van der Waals surface area contributed by atoms with Crippen molar-refractivity contribution in [3.63, 3.8) is 0 Å². The van der Waals surface area contributed by atoms with Crippen molar-refractivity contribution in [2.45, 2.75) is 19.9 Å². The minimum Gasteiger partial charge on any atom is -0.494 e. The van der Waals surface area contributed by atoms with Crippen LogP contribution in [0.5, 0.6) is 5.75 Å². The summed E-state index contributed by atoms with van der Waals surface area (Å²) >= 11 is 0. The number of benzene rings is 2. The Morgan fingerprint density at radius 3 is 2.48 bits per heavy atom. The molecule has 0 saturated carbocycles. The molecule has 0 saturated heterocycles. The Morgan fingerprint density at radius 2 is 1.86 bits per heavy atom. The fourth-order valence-corrected chi connectivity index (χ4v) is 2.92. The van der Waals surface area contributed by atoms with E-state index in [0.717, 1.165) is 36.8 Å². The number of nitrogens with zero attached hydrogens (tertiary/aromatic N) is 2. The van der Waals surface area contributed by atoms with E-state index < -0.39 is 0 Å². The van der Waals surface area contributed by atoms with Crippen LogP contribution in [-0.4, -0.2) is 51.1 Å². The fourth-order valence-electron chi connectivity index (χ4n) is 2.92. The summed E-state index contributed by atoms with van der Waals surface area (Å²) in [6, 6.07) is 15.8. The summed E-state index contributed by atoms with van der Waals surface area (Å²) in [5.41, 5.74) is 2.97. The van der Waals surface area contributed by atoms with E-state index in [1.54, 1.807) is 14.1 Å². The number of aliphatic imine (C=N–C) groups is 1. The van der Waals surface area contributed by atoms with Crippen LogP contribution in [0, 0.1) is 0 Å². The second-order valence-corrected chi connectivity index (χ2v) is 6.44. The van der Waals surface area contributed by atoms with E-state index in [4.69, 9.17) is 4.74 Å². The minimum atomic E-state index is -0.0688. The zero-order valence-electron chi connectivity index (χ0n) is 17.6. The second-order valence-electron chi connectivity index (χ2n) is 6.44. The van der Waals surface area contributed by atoms with Gasteiger partial charge < -0.3 is 20.3 Å². The van der Waals surface area contributed by atoms with Crippen LogP contribution < -0.4 is 15.4 Å². The van der Waals surface area contributed by atoms with Gasteiger partial charge in [0.1, 0.15) is 5.75 Å². The first-order valence-corrected chi connectivity index (χ1v) is 9.52. The first kappa shape index (κ1) is 24.7. The molecule has 6 nitrogen and oxygen atoms in total. The average molecular weight is 510 g/mol. The van der Waals surface area contributed by atoms with Gasteiger partial charge in [-0.1, -0.05) is 24.3 Å². The van der Waals surface area contributed by atoms with E-state index in [-0.39, 0.29) is 29.9 Å². The lowest BCUT2D eigenvalue weighted by atomic mass is 10.1. The van der Waals surface area contributed by atoms with Gasteiger partial charge in [0.25, 0.3) is 5.91 Å². The lowest BCUT2D eigenvalue weighted by Crippen LogP contribution is -2.39. The summed E-state index contributed by atoms with van der Waals surface area (Å²) in [4.78, 5) is 18.2. The molecule has 29 heavy (non-hydrogen) atoms. The van der Waals surface area contributed by atoms with Gasteiger partial charge >= 0.3 is 0 Å². The molecule has 0 radical (unpaired) electrons. The van der Waals surface area contributed by atoms with Gasteiger partial charge in [-0.05, 0) is 48.7 Å². The van der Waals surface area contributed by atoms with Crippen molar-refractivity contribution in [2.24, 2.45) is 4.99 Å². The third-order valence-corrected chi connectivity index (χ3v) is 4.34. The largest absolute Gasteiger partial charge is 0.494 e. The highest BCUT2D eigenvalue weighted by molar-refractivity contribution is 14.0. The van der Waals surface area contributed by atoms with E-state index in [2.05, 4.69) is 32.7 Å². The highest BCUT2D eigenvalue weighted by Gasteiger charge is 2.08. The molecule has 0 aliphatic rings. The van der Waals surface area contributed by atoms with Crippen molar-refractivity contribution in [1.82, 2.24) is 15.5 Å². The second kappa shape index (κ2) is 13.0. The Balaban J connectivity index is 0.00000420. The van der Waals surface area contributed by atoms with Gasteiger partial charge in [-0.25, -0.2) is 0 Å². The predicted octanol–water partition coefficient (Wildman–Crippen LogP) is 3.31. The zero-order chi connectivity index (χ0) is 20.4. The lowest BCUT2D eigenvalue weighted by molar-refractivity contribution is 0.0963. The quantitative estimate of drug-likeness (QED) is 0.325. The van der Waals surface area contributed by atoms with Gasteiger partial charge in [0.2, 0.25) is 0 Å². The van der Waals surface area contributed by atoms with Crippen molar-refractivity contribution in [1.29, 1.82) is 0 Å². The smallest absolute Gasteiger partial charge is 0.251 e. The highest BCUT2D eigenvalue weighted by atomic mass is 127. The molecule has 0 spiro atoms. The molecule has 0 bridgehead atoms. The van der Waals surface area contributed by atoms with Crippen molar-refractivity contribution in [2.75, 3.05) is 34.3 Å². The molecule has 2 rings (SSSR count). The molecule has 2 aromatic carbocycles. The van der Waals surface area contributed by atoms with Gasteiger partial charge in [0.05, 0.1) is 6.61 Å². The van der Waals surface area contributed by atoms with Crippen LogP contribution in [0.1, 0.15) is 28.4 Å². The summed E-state index contributed by atoms with van der Waals surface area (Å²) in [6.07, 6.45) is 0.806. The number of amides is 1. The normalized spacial score (nSPS) is 10.7. The third kappa shape index (κ3) is 7.92. The molecule has 0 atom stereocenters. The number of carbonyl (C=O) groups excluding carboxylic acids is 1. The molecule has 7 heteroatoms. The van der Waals surface area contributed by atoms with Gasteiger partial charge in [-0.3, -0.25) is 9.79 Å². The number of halogens is 1. The van der Waals surface area contributed by atoms with Crippen molar-refractivity contribution in [3.05, 3.63) is 65.2 Å². The van der Waals surface area contributed by atoms with E-state index in [9.17, 15) is 4.79 Å². The number of ether oxygens (including phenoxy) is 1. The Labute approximate surface area is 190 Å². The van der Waals surface area contributed by atoms with Crippen molar-refractivity contribution in [3.8, 4) is 5.75 Å². The van der Waals surface area contributed by atoms with Crippen molar-refractivity contribution >= 4 is 35.8 Å². The molecule has 0 heterocycles. The van der Waals surface area contributed by atoms with E-state index >= 15 is 0 Å². The average Bonchev–Trinajstić information content (AvgIpc) is 2.72. The van der Waals surface area contributed by atoms with Crippen molar-refractivity contribution < 1.29 is 9.53 Å². The summed E-state index contributed by atoms with van der Waals surface area (Å²) in [5.74, 6) is 1.65. The Kier molecular flexibility index (Phi) is 11.1. The number of rotatable bonds is 8. The summed E-state index contributed by atoms with van der Waals surface area (Å²) < 4.78 is 5.49. The minimum absolute atomic E-state index is 0. The van der Waals surface area contributed by atoms with Gasteiger partial charge in [0.15, 0.2) is 5.96 Å². The van der Waals surface area contributed by atoms with Crippen LogP contribution in [0.3, 0.4) is 0 Å². The molecule has 0 aliphatic carbocycles. The molecule has 0 unspecified atom stereocenters. The SMILES string of the molecule is CCOc1ccc(CN(C)C(=NC)NCCc2cccc(C(=O)NC)c2)cc1.I. The first-order chi connectivity index (χ1) is 13.6. The molecule has 1 amide bonds. The van der Waals surface area contributed by atoms with Gasteiger partial charge in [-0.15, -0.1) is 24.0 Å². The van der Waals surface area contributed by atoms with Crippen LogP contribution in [0.4, 0.5) is 0 Å². The van der Waals surface area contributed by atoms with Crippen LogP contribution in [0.15, 0.2) is 53.5 Å². The summed E-state index contributed by atoms with van der Waals surface area (Å²) in [6.45, 7) is 4.13. The third-order valence-electron chi connectivity index (χ3n) is 4.34. The van der Waals surface area contributed by atoms with Crippen LogP contribution in [-0.2, 0) is 13.0 Å². The number of carbonyl (C=O) groups is 1. The molecule has 2 N–H and O–H groups in total. The maximum absolute atomic E-state index is 11.8. The molecule has 0 aliphatic heterocycles. The topological polar surface area (TPSA) is 66.0 Å². The van der Waals surface area contributed by atoms with Crippen LogP contribution in [0.2, 0.25) is 0 Å². The summed E-state index contributed by atoms with van der Waals surface area (Å²) in [5, 5.41) is 6.04. The Hall–Kier alpha value is -2.29. The molecule has 0 aromatic heterocycles. The highest BCUT2D eigenvalue weighted by Crippen LogP contribution is 2.13. The standard InChI is InChI=1S/C22H30N4O2.HI/c1-5-28-20-11-9-18(10-12-20)16-26(4)22(24-3)25-14-13-17-7-6-8-19(15-17)21(27)23-2;/h6-12,15H,5,13-14,16H2,1-4H3,(H,23,27)(H,24,25);1H. The number of nitrogens with one attached hydrogen (secondary N) is 2. The molecule has 2 aromatic rings. The van der Waals surface area contributed by atoms with Gasteiger partial charge in [0, 0.05) is 39.8 Å². The molecular weight excluding hydrogens is 479 g/mol. The molecular formula is C22H31IN4O2. The van der Waals surface area contributed by atoms with E-state index in [1.807, 2.05) is 50.4 Å². The summed E-state index contributed by atoms with van der Waals surface area (Å²) in [7, 11) is 5.43. The van der Waals surface area contributed by atoms with Crippen LogP contribution >= 0.6 is 24.0 Å². The maximum Gasteiger partial charge on any atom is 0.251 e. The Morgan fingerprint density at radius 1 is 1.14 bits per heavy atom. The number of hydrogen-bond acceptors (Lipinski definition) is 3. The Bertz CT molecular complexity index is 794.